The van der Waals surface area contributed by atoms with Gasteiger partial charge < -0.3 is 5.32 Å². The molecule has 0 fully saturated rings. The summed E-state index contributed by atoms with van der Waals surface area (Å²) in [6, 6.07) is 8.52. The molecule has 0 unspecified atom stereocenters. The highest BCUT2D eigenvalue weighted by Crippen LogP contribution is 2.02. The van der Waals surface area contributed by atoms with Crippen molar-refractivity contribution in [2.75, 3.05) is 6.54 Å². The zero-order valence-corrected chi connectivity index (χ0v) is 8.94. The van der Waals surface area contributed by atoms with Gasteiger partial charge in [-0.2, -0.15) is 5.10 Å². The van der Waals surface area contributed by atoms with Crippen LogP contribution < -0.4 is 5.32 Å². The summed E-state index contributed by atoms with van der Waals surface area (Å²) in [6.45, 7) is 2.32. The molecule has 2 rings (SSSR count). The Morgan fingerprint density at radius 3 is 3.00 bits per heavy atom. The third kappa shape index (κ3) is 3.17. The van der Waals surface area contributed by atoms with Gasteiger partial charge in [0.25, 0.3) is 0 Å². The Labute approximate surface area is 93.9 Å². The minimum absolute atomic E-state index is 0.189. The Morgan fingerprint density at radius 1 is 1.31 bits per heavy atom. The summed E-state index contributed by atoms with van der Waals surface area (Å²) in [5, 5.41) is 7.33. The summed E-state index contributed by atoms with van der Waals surface area (Å²) < 4.78 is 14.7. The fraction of sp³-hybridized carbons (Fsp3) is 0.250. The van der Waals surface area contributed by atoms with Crippen LogP contribution in [-0.2, 0) is 13.1 Å². The minimum Gasteiger partial charge on any atom is -0.311 e. The van der Waals surface area contributed by atoms with Gasteiger partial charge >= 0.3 is 0 Å². The number of halogens is 1. The van der Waals surface area contributed by atoms with E-state index in [-0.39, 0.29) is 5.82 Å². The number of benzene rings is 1. The van der Waals surface area contributed by atoms with Crippen molar-refractivity contribution in [1.82, 2.24) is 15.1 Å². The molecule has 84 valence electrons. The summed E-state index contributed by atoms with van der Waals surface area (Å²) >= 11 is 0. The van der Waals surface area contributed by atoms with Crippen LogP contribution in [0.5, 0.6) is 0 Å². The van der Waals surface area contributed by atoms with E-state index in [1.807, 2.05) is 23.0 Å². The van der Waals surface area contributed by atoms with Crippen molar-refractivity contribution >= 4 is 0 Å². The van der Waals surface area contributed by atoms with Crippen LogP contribution in [0.15, 0.2) is 42.7 Å². The second-order valence-electron chi connectivity index (χ2n) is 3.58. The van der Waals surface area contributed by atoms with Gasteiger partial charge in [-0.1, -0.05) is 12.1 Å². The van der Waals surface area contributed by atoms with Crippen LogP contribution in [0.4, 0.5) is 4.39 Å². The lowest BCUT2D eigenvalue weighted by Gasteiger charge is -2.05. The standard InChI is InChI=1S/C12H14FN3/c13-12-4-1-3-11(9-12)10-14-6-8-16-7-2-5-15-16/h1-5,7,9,14H,6,8,10H2. The SMILES string of the molecule is Fc1cccc(CNCCn2cccn2)c1. The first kappa shape index (κ1) is 10.8. The van der Waals surface area contributed by atoms with E-state index in [0.717, 1.165) is 18.7 Å². The number of hydrogen-bond donors (Lipinski definition) is 1. The molecular weight excluding hydrogens is 205 g/mol. The van der Waals surface area contributed by atoms with E-state index in [9.17, 15) is 4.39 Å². The van der Waals surface area contributed by atoms with E-state index < -0.39 is 0 Å². The van der Waals surface area contributed by atoms with Crippen molar-refractivity contribution in [3.63, 3.8) is 0 Å². The van der Waals surface area contributed by atoms with Crippen LogP contribution in [0.3, 0.4) is 0 Å². The fourth-order valence-electron chi connectivity index (χ4n) is 1.51. The molecule has 0 bridgehead atoms. The molecule has 0 saturated carbocycles. The summed E-state index contributed by atoms with van der Waals surface area (Å²) in [4.78, 5) is 0. The predicted octanol–water partition coefficient (Wildman–Crippen LogP) is 1.81. The first-order valence-electron chi connectivity index (χ1n) is 5.27. The molecule has 0 atom stereocenters. The molecule has 1 heterocycles. The average Bonchev–Trinajstić information content (AvgIpc) is 2.77. The second kappa shape index (κ2) is 5.42. The van der Waals surface area contributed by atoms with Gasteiger partial charge in [-0.3, -0.25) is 4.68 Å². The van der Waals surface area contributed by atoms with Crippen LogP contribution in [0.1, 0.15) is 5.56 Å². The Bertz CT molecular complexity index is 426. The molecule has 0 saturated heterocycles. The second-order valence-corrected chi connectivity index (χ2v) is 3.58. The number of aromatic nitrogens is 2. The van der Waals surface area contributed by atoms with Crippen LogP contribution in [0, 0.1) is 5.82 Å². The zero-order valence-electron chi connectivity index (χ0n) is 8.94. The highest BCUT2D eigenvalue weighted by atomic mass is 19.1. The van der Waals surface area contributed by atoms with E-state index in [1.54, 1.807) is 18.3 Å². The Hall–Kier alpha value is -1.68. The third-order valence-corrected chi connectivity index (χ3v) is 2.30. The normalized spacial score (nSPS) is 10.6. The van der Waals surface area contributed by atoms with E-state index in [0.29, 0.717) is 6.54 Å². The predicted molar refractivity (Wildman–Crippen MR) is 60.3 cm³/mol. The maximum Gasteiger partial charge on any atom is 0.123 e. The van der Waals surface area contributed by atoms with Crippen molar-refractivity contribution in [3.05, 3.63) is 54.1 Å². The first-order chi connectivity index (χ1) is 7.84. The van der Waals surface area contributed by atoms with E-state index in [4.69, 9.17) is 0 Å². The van der Waals surface area contributed by atoms with Crippen LogP contribution in [0.2, 0.25) is 0 Å². The lowest BCUT2D eigenvalue weighted by Crippen LogP contribution is -2.19. The van der Waals surface area contributed by atoms with Gasteiger partial charge in [-0.15, -0.1) is 0 Å². The summed E-state index contributed by atoms with van der Waals surface area (Å²) in [6.07, 6.45) is 3.68. The first-order valence-corrected chi connectivity index (χ1v) is 5.27. The fourth-order valence-corrected chi connectivity index (χ4v) is 1.51. The summed E-state index contributed by atoms with van der Waals surface area (Å²) in [5.41, 5.74) is 0.959. The largest absolute Gasteiger partial charge is 0.311 e. The monoisotopic (exact) mass is 219 g/mol. The highest BCUT2D eigenvalue weighted by Gasteiger charge is 1.95. The molecule has 1 aromatic carbocycles. The van der Waals surface area contributed by atoms with E-state index >= 15 is 0 Å². The molecule has 16 heavy (non-hydrogen) atoms. The Morgan fingerprint density at radius 2 is 2.25 bits per heavy atom. The molecule has 4 heteroatoms. The molecule has 1 N–H and O–H groups in total. The van der Waals surface area contributed by atoms with Crippen LogP contribution in [0.25, 0.3) is 0 Å². The maximum absolute atomic E-state index is 12.9. The third-order valence-electron chi connectivity index (χ3n) is 2.30. The van der Waals surface area contributed by atoms with Gasteiger partial charge in [-0.25, -0.2) is 4.39 Å². The average molecular weight is 219 g/mol. The quantitative estimate of drug-likeness (QED) is 0.777. The number of nitrogens with one attached hydrogen (secondary N) is 1. The van der Waals surface area contributed by atoms with Gasteiger partial charge in [0, 0.05) is 25.5 Å². The van der Waals surface area contributed by atoms with Gasteiger partial charge in [0.2, 0.25) is 0 Å². The van der Waals surface area contributed by atoms with Crippen molar-refractivity contribution < 1.29 is 4.39 Å². The van der Waals surface area contributed by atoms with Crippen LogP contribution in [-0.4, -0.2) is 16.3 Å². The van der Waals surface area contributed by atoms with Gasteiger partial charge in [0.05, 0.1) is 6.54 Å². The van der Waals surface area contributed by atoms with Gasteiger partial charge in [0.1, 0.15) is 5.82 Å². The van der Waals surface area contributed by atoms with Crippen LogP contribution >= 0.6 is 0 Å². The molecule has 1 aromatic heterocycles. The van der Waals surface area contributed by atoms with Crippen molar-refractivity contribution in [2.45, 2.75) is 13.1 Å². The lowest BCUT2D eigenvalue weighted by atomic mass is 10.2. The molecule has 0 aliphatic carbocycles. The van der Waals surface area contributed by atoms with Crippen molar-refractivity contribution in [1.29, 1.82) is 0 Å². The molecule has 0 radical (unpaired) electrons. The molecule has 3 nitrogen and oxygen atoms in total. The maximum atomic E-state index is 12.9. The summed E-state index contributed by atoms with van der Waals surface area (Å²) in [5.74, 6) is -0.189. The van der Waals surface area contributed by atoms with E-state index in [2.05, 4.69) is 10.4 Å². The topological polar surface area (TPSA) is 29.9 Å². The minimum atomic E-state index is -0.189. The molecule has 0 spiro atoms. The smallest absolute Gasteiger partial charge is 0.123 e. The Balaban J connectivity index is 1.72. The number of rotatable bonds is 5. The zero-order chi connectivity index (χ0) is 11.2. The molecule has 0 aliphatic rings. The molecular formula is C12H14FN3. The van der Waals surface area contributed by atoms with Crippen molar-refractivity contribution in [2.24, 2.45) is 0 Å². The molecule has 0 aliphatic heterocycles. The van der Waals surface area contributed by atoms with Crippen molar-refractivity contribution in [3.8, 4) is 0 Å². The molecule has 2 aromatic rings. The lowest BCUT2D eigenvalue weighted by molar-refractivity contribution is 0.553. The van der Waals surface area contributed by atoms with Gasteiger partial charge in [-0.05, 0) is 23.8 Å². The number of nitrogens with zero attached hydrogens (tertiary/aromatic N) is 2. The number of hydrogen-bond acceptors (Lipinski definition) is 2. The molecule has 0 amide bonds. The van der Waals surface area contributed by atoms with Gasteiger partial charge in [0.15, 0.2) is 0 Å². The Kier molecular flexibility index (Phi) is 3.66. The van der Waals surface area contributed by atoms with E-state index in [1.165, 1.54) is 6.07 Å². The highest BCUT2D eigenvalue weighted by molar-refractivity contribution is 5.15. The summed E-state index contributed by atoms with van der Waals surface area (Å²) in [7, 11) is 0.